The van der Waals surface area contributed by atoms with Gasteiger partial charge in [0, 0.05) is 35.9 Å². The number of hydrogen-bond acceptors (Lipinski definition) is 7. The first-order valence-corrected chi connectivity index (χ1v) is 16.8. The molecule has 2 aromatic heterocycles. The number of nitrogens with one attached hydrogen (secondary N) is 4. The second-order valence-electron chi connectivity index (χ2n) is 13.0. The number of benzene rings is 2. The predicted molar refractivity (Wildman–Crippen MR) is 191 cm³/mol. The van der Waals surface area contributed by atoms with Gasteiger partial charge in [-0.15, -0.1) is 0 Å². The predicted octanol–water partition coefficient (Wildman–Crippen LogP) is 3.50. The Labute approximate surface area is 293 Å². The molecule has 0 saturated heterocycles. The minimum atomic E-state index is -1.28. The van der Waals surface area contributed by atoms with Crippen LogP contribution in [0.4, 0.5) is 0 Å². The zero-order valence-electron chi connectivity index (χ0n) is 28.8. The number of nitrogens with zero attached hydrogens (tertiary/aromatic N) is 2. The Morgan fingerprint density at radius 2 is 0.880 bits per heavy atom. The summed E-state index contributed by atoms with van der Waals surface area (Å²) in [5.74, 6) is -2.38. The van der Waals surface area contributed by atoms with E-state index in [9.17, 15) is 24.3 Å². The lowest BCUT2D eigenvalue weighted by Crippen LogP contribution is -2.61. The molecular weight excluding hydrogens is 632 g/mol. The van der Waals surface area contributed by atoms with Gasteiger partial charge in [0.25, 0.3) is 11.8 Å². The number of aliphatic hydroxyl groups excluding tert-OH is 1. The van der Waals surface area contributed by atoms with E-state index in [-0.39, 0.29) is 24.7 Å². The first-order valence-electron chi connectivity index (χ1n) is 16.8. The van der Waals surface area contributed by atoms with Crippen molar-refractivity contribution in [1.82, 2.24) is 31.2 Å². The number of aliphatic hydroxyl groups is 1. The molecule has 0 aliphatic rings. The quantitative estimate of drug-likeness (QED) is 0.121. The van der Waals surface area contributed by atoms with Crippen molar-refractivity contribution in [2.75, 3.05) is 0 Å². The largest absolute Gasteiger partial charge is 0.389 e. The molecule has 2 aromatic carbocycles. The summed E-state index contributed by atoms with van der Waals surface area (Å²) < 4.78 is 0. The molecule has 262 valence electrons. The average molecular weight is 679 g/mol. The van der Waals surface area contributed by atoms with Crippen molar-refractivity contribution in [2.24, 2.45) is 11.8 Å². The molecule has 0 aliphatic heterocycles. The maximum atomic E-state index is 13.9. The van der Waals surface area contributed by atoms with Gasteiger partial charge in [-0.3, -0.25) is 29.1 Å². The molecule has 5 atom stereocenters. The van der Waals surface area contributed by atoms with Gasteiger partial charge < -0.3 is 26.4 Å². The van der Waals surface area contributed by atoms with Crippen LogP contribution in [0, 0.1) is 11.8 Å². The topological polar surface area (TPSA) is 162 Å². The monoisotopic (exact) mass is 678 g/mol. The van der Waals surface area contributed by atoms with Gasteiger partial charge in [-0.2, -0.15) is 0 Å². The smallest absolute Gasteiger partial charge is 0.252 e. The Morgan fingerprint density at radius 3 is 1.20 bits per heavy atom. The van der Waals surface area contributed by atoms with Crippen LogP contribution in [0.3, 0.4) is 0 Å². The van der Waals surface area contributed by atoms with Gasteiger partial charge in [0.05, 0.1) is 18.2 Å². The Bertz CT molecular complexity index is 1550. The van der Waals surface area contributed by atoms with Crippen LogP contribution in [0.1, 0.15) is 59.5 Å². The third-order valence-corrected chi connectivity index (χ3v) is 8.43. The average Bonchev–Trinajstić information content (AvgIpc) is 3.13. The summed E-state index contributed by atoms with van der Waals surface area (Å²) in [5.41, 5.74) is 2.43. The molecule has 2 heterocycles. The fourth-order valence-electron chi connectivity index (χ4n) is 5.60. The van der Waals surface area contributed by atoms with Crippen LogP contribution in [-0.2, 0) is 22.4 Å². The van der Waals surface area contributed by atoms with Crippen molar-refractivity contribution in [1.29, 1.82) is 0 Å². The standard InChI is InChI=1S/C39H46N6O5/c1-25(2)33(44-36(47)29-15-19-40-20-16-29)38(49)42-31(23-27-11-7-5-8-12-27)35(46)32(24-28-13-9-6-10-14-28)43-39(50)34(26(3)4)45-37(48)30-17-21-41-22-18-30/h5-22,25-26,31-35,46H,23-24H2,1-4H3,(H,42,49)(H,43,50)(H,44,47)(H,45,48)/t31-,32?,33-,34-,35?/m0/s1. The number of pyridine rings is 2. The van der Waals surface area contributed by atoms with Crippen LogP contribution >= 0.6 is 0 Å². The van der Waals surface area contributed by atoms with Gasteiger partial charge in [-0.25, -0.2) is 0 Å². The van der Waals surface area contributed by atoms with Gasteiger partial charge in [0.15, 0.2) is 0 Å². The van der Waals surface area contributed by atoms with Gasteiger partial charge in [-0.1, -0.05) is 88.4 Å². The fourth-order valence-corrected chi connectivity index (χ4v) is 5.60. The highest BCUT2D eigenvalue weighted by atomic mass is 16.3. The molecule has 5 N–H and O–H groups in total. The number of carbonyl (C=O) groups excluding carboxylic acids is 4. The summed E-state index contributed by atoms with van der Waals surface area (Å²) in [6.45, 7) is 7.30. The summed E-state index contributed by atoms with van der Waals surface area (Å²) in [4.78, 5) is 61.8. The third kappa shape index (κ3) is 10.8. The first kappa shape index (κ1) is 37.4. The maximum Gasteiger partial charge on any atom is 0.252 e. The number of rotatable bonds is 16. The maximum absolute atomic E-state index is 13.9. The molecular formula is C39H46N6O5. The van der Waals surface area contributed by atoms with E-state index in [0.717, 1.165) is 11.1 Å². The molecule has 0 radical (unpaired) electrons. The number of amides is 4. The zero-order chi connectivity index (χ0) is 36.0. The number of carbonyl (C=O) groups is 4. The van der Waals surface area contributed by atoms with E-state index in [2.05, 4.69) is 31.2 Å². The summed E-state index contributed by atoms with van der Waals surface area (Å²) in [5, 5.41) is 23.8. The summed E-state index contributed by atoms with van der Waals surface area (Å²) in [6.07, 6.45) is 5.20. The highest BCUT2D eigenvalue weighted by Crippen LogP contribution is 2.16. The highest BCUT2D eigenvalue weighted by Gasteiger charge is 2.35. The highest BCUT2D eigenvalue weighted by molar-refractivity contribution is 5.98. The molecule has 50 heavy (non-hydrogen) atoms. The van der Waals surface area contributed by atoms with Crippen molar-refractivity contribution < 1.29 is 24.3 Å². The molecule has 0 bridgehead atoms. The molecule has 4 rings (SSSR count). The molecule has 0 spiro atoms. The molecule has 2 unspecified atom stereocenters. The van der Waals surface area contributed by atoms with Gasteiger partial charge >= 0.3 is 0 Å². The van der Waals surface area contributed by atoms with E-state index in [1.54, 1.807) is 24.3 Å². The van der Waals surface area contributed by atoms with Crippen LogP contribution in [0.5, 0.6) is 0 Å². The zero-order valence-corrected chi connectivity index (χ0v) is 28.8. The Balaban J connectivity index is 1.62. The Hall–Kier alpha value is -5.42. The van der Waals surface area contributed by atoms with Gasteiger partial charge in [0.2, 0.25) is 11.8 Å². The van der Waals surface area contributed by atoms with E-state index in [1.807, 2.05) is 88.4 Å². The lowest BCUT2D eigenvalue weighted by Gasteiger charge is -2.34. The van der Waals surface area contributed by atoms with Crippen molar-refractivity contribution >= 4 is 23.6 Å². The van der Waals surface area contributed by atoms with Crippen LogP contribution in [0.15, 0.2) is 110 Å². The summed E-state index contributed by atoms with van der Waals surface area (Å²) >= 11 is 0. The van der Waals surface area contributed by atoms with Gasteiger partial charge in [0.1, 0.15) is 12.1 Å². The minimum Gasteiger partial charge on any atom is -0.389 e. The van der Waals surface area contributed by atoms with Crippen molar-refractivity contribution in [3.63, 3.8) is 0 Å². The molecule has 4 aromatic rings. The SMILES string of the molecule is CC(C)[C@H](NC(=O)c1ccncc1)C(=O)NC(Cc1ccccc1)C(O)[C@H](Cc1ccccc1)NC(=O)[C@@H](NC(=O)c1ccncc1)C(C)C. The Kier molecular flexibility index (Phi) is 13.7. The van der Waals surface area contributed by atoms with Crippen LogP contribution in [0.2, 0.25) is 0 Å². The summed E-state index contributed by atoms with van der Waals surface area (Å²) in [7, 11) is 0. The fraction of sp³-hybridized carbons (Fsp3) is 0.333. The first-order chi connectivity index (χ1) is 24.0. The van der Waals surface area contributed by atoms with Crippen molar-refractivity contribution in [3.05, 3.63) is 132 Å². The van der Waals surface area contributed by atoms with E-state index in [4.69, 9.17) is 0 Å². The number of hydrogen-bond donors (Lipinski definition) is 5. The molecule has 11 nitrogen and oxygen atoms in total. The molecule has 0 fully saturated rings. The second kappa shape index (κ2) is 18.4. The third-order valence-electron chi connectivity index (χ3n) is 8.43. The molecule has 0 saturated carbocycles. The number of aromatic nitrogens is 2. The second-order valence-corrected chi connectivity index (χ2v) is 13.0. The summed E-state index contributed by atoms with van der Waals surface area (Å²) in [6, 6.07) is 21.5. The van der Waals surface area contributed by atoms with E-state index >= 15 is 0 Å². The molecule has 0 aliphatic carbocycles. The minimum absolute atomic E-state index is 0.240. The van der Waals surface area contributed by atoms with Crippen molar-refractivity contribution in [2.45, 2.75) is 70.8 Å². The van der Waals surface area contributed by atoms with E-state index in [1.165, 1.54) is 24.8 Å². The van der Waals surface area contributed by atoms with E-state index < -0.39 is 53.9 Å². The van der Waals surface area contributed by atoms with Crippen LogP contribution < -0.4 is 21.3 Å². The van der Waals surface area contributed by atoms with Gasteiger partial charge in [-0.05, 0) is 60.1 Å². The molecule has 4 amide bonds. The molecule has 11 heteroatoms. The van der Waals surface area contributed by atoms with Crippen molar-refractivity contribution in [3.8, 4) is 0 Å². The lowest BCUT2D eigenvalue weighted by atomic mass is 9.91. The Morgan fingerprint density at radius 1 is 0.540 bits per heavy atom. The van der Waals surface area contributed by atoms with E-state index in [0.29, 0.717) is 11.1 Å². The van der Waals surface area contributed by atoms with Crippen LogP contribution in [-0.4, -0.2) is 69.0 Å². The lowest BCUT2D eigenvalue weighted by molar-refractivity contribution is -0.126. The van der Waals surface area contributed by atoms with Crippen LogP contribution in [0.25, 0.3) is 0 Å². The normalized spacial score (nSPS) is 14.1.